The summed E-state index contributed by atoms with van der Waals surface area (Å²) >= 11 is 0. The number of nitrogens with one attached hydrogen (secondary N) is 3. The molecule has 0 aliphatic carbocycles. The van der Waals surface area contributed by atoms with Gasteiger partial charge in [-0.1, -0.05) is 46.2 Å². The lowest BCUT2D eigenvalue weighted by atomic mass is 9.96. The van der Waals surface area contributed by atoms with Crippen LogP contribution in [0.2, 0.25) is 0 Å². The number of amides is 4. The van der Waals surface area contributed by atoms with Crippen LogP contribution in [-0.4, -0.2) is 64.0 Å². The van der Waals surface area contributed by atoms with Crippen LogP contribution >= 0.6 is 0 Å². The second-order valence-corrected chi connectivity index (χ2v) is 9.94. The Morgan fingerprint density at radius 2 is 1.47 bits per heavy atom. The predicted octanol–water partition coefficient (Wildman–Crippen LogP) is 0.159. The fourth-order valence-corrected chi connectivity index (χ4v) is 3.69. The number of hydrogen-bond donors (Lipinski definition) is 7. The number of phenolic OH excluding ortho intramolecular Hbond substituents is 1. The zero-order valence-electron chi connectivity index (χ0n) is 22.4. The molecule has 0 aromatic heterocycles. The first-order valence-corrected chi connectivity index (χ1v) is 12.7. The quantitative estimate of drug-likeness (QED) is 0.154. The summed E-state index contributed by atoms with van der Waals surface area (Å²) in [5.74, 6) is -4.13. The van der Waals surface area contributed by atoms with Gasteiger partial charge in [-0.2, -0.15) is 0 Å². The molecule has 212 valence electrons. The molecule has 5 unspecified atom stereocenters. The highest BCUT2D eigenvalue weighted by Gasteiger charge is 2.32. The first kappa shape index (κ1) is 32.4. The predicted molar refractivity (Wildman–Crippen MR) is 141 cm³/mol. The molecule has 1 aromatic rings. The molecule has 4 amide bonds. The Hall–Kier alpha value is -3.67. The first-order chi connectivity index (χ1) is 17.7. The van der Waals surface area contributed by atoms with Crippen LogP contribution in [0.5, 0.6) is 5.75 Å². The average molecular weight is 536 g/mol. The van der Waals surface area contributed by atoms with Gasteiger partial charge in [0, 0.05) is 12.8 Å². The van der Waals surface area contributed by atoms with E-state index in [1.807, 2.05) is 20.8 Å². The largest absolute Gasteiger partial charge is 0.508 e. The number of carbonyl (C=O) groups is 5. The van der Waals surface area contributed by atoms with Crippen molar-refractivity contribution in [3.05, 3.63) is 29.8 Å². The van der Waals surface area contributed by atoms with E-state index in [0.29, 0.717) is 12.0 Å². The van der Waals surface area contributed by atoms with Crippen LogP contribution in [0.4, 0.5) is 0 Å². The van der Waals surface area contributed by atoms with E-state index >= 15 is 0 Å². The fraction of sp³-hybridized carbons (Fsp3) is 0.577. The summed E-state index contributed by atoms with van der Waals surface area (Å²) in [4.78, 5) is 61.9. The van der Waals surface area contributed by atoms with E-state index in [4.69, 9.17) is 11.5 Å². The molecular weight excluding hydrogens is 494 g/mol. The third-order valence-electron chi connectivity index (χ3n) is 6.16. The van der Waals surface area contributed by atoms with Crippen LogP contribution in [0, 0.1) is 11.8 Å². The molecule has 1 aromatic carbocycles. The van der Waals surface area contributed by atoms with Crippen molar-refractivity contribution in [3.63, 3.8) is 0 Å². The van der Waals surface area contributed by atoms with Crippen molar-refractivity contribution < 1.29 is 34.2 Å². The Kier molecular flexibility index (Phi) is 13.2. The van der Waals surface area contributed by atoms with Gasteiger partial charge in [0.2, 0.25) is 23.6 Å². The van der Waals surface area contributed by atoms with Gasteiger partial charge in [-0.15, -0.1) is 0 Å². The minimum atomic E-state index is -1.20. The van der Waals surface area contributed by atoms with Crippen molar-refractivity contribution in [1.82, 2.24) is 16.0 Å². The molecule has 0 saturated heterocycles. The second-order valence-electron chi connectivity index (χ2n) is 9.94. The molecule has 9 N–H and O–H groups in total. The van der Waals surface area contributed by atoms with Gasteiger partial charge in [0.1, 0.15) is 23.9 Å². The zero-order chi connectivity index (χ0) is 29.0. The zero-order valence-corrected chi connectivity index (χ0v) is 22.4. The molecule has 0 heterocycles. The summed E-state index contributed by atoms with van der Waals surface area (Å²) in [7, 11) is 0. The Labute approximate surface area is 222 Å². The monoisotopic (exact) mass is 535 g/mol. The molecule has 12 nitrogen and oxygen atoms in total. The summed E-state index contributed by atoms with van der Waals surface area (Å²) in [6.45, 7) is 7.22. The van der Waals surface area contributed by atoms with Crippen LogP contribution in [-0.2, 0) is 30.4 Å². The molecule has 5 atom stereocenters. The topological polar surface area (TPSA) is 214 Å². The highest BCUT2D eigenvalue weighted by atomic mass is 16.4. The normalized spacial score (nSPS) is 15.0. The van der Waals surface area contributed by atoms with Crippen molar-refractivity contribution in [1.29, 1.82) is 0 Å². The number of phenols is 1. The third kappa shape index (κ3) is 11.2. The van der Waals surface area contributed by atoms with Gasteiger partial charge >= 0.3 is 5.97 Å². The first-order valence-electron chi connectivity index (χ1n) is 12.7. The smallest absolute Gasteiger partial charge is 0.326 e. The van der Waals surface area contributed by atoms with Crippen molar-refractivity contribution in [2.24, 2.45) is 23.3 Å². The Balaban J connectivity index is 3.16. The van der Waals surface area contributed by atoms with Gasteiger partial charge in [-0.25, -0.2) is 4.79 Å². The van der Waals surface area contributed by atoms with Gasteiger partial charge in [0.05, 0.1) is 6.04 Å². The lowest BCUT2D eigenvalue weighted by Gasteiger charge is -2.28. The Morgan fingerprint density at radius 1 is 0.895 bits per heavy atom. The molecule has 0 bridgehead atoms. The summed E-state index contributed by atoms with van der Waals surface area (Å²) in [6.07, 6.45) is 0.624. The SMILES string of the molecule is CCC(C)C(NC(=O)C(N)CCC(N)=O)C(=O)NC(Cc1ccc(O)cc1)C(=O)NC(CC(C)C)C(=O)O. The Bertz CT molecular complexity index is 967. The van der Waals surface area contributed by atoms with E-state index in [2.05, 4.69) is 16.0 Å². The van der Waals surface area contributed by atoms with Crippen molar-refractivity contribution >= 4 is 29.6 Å². The van der Waals surface area contributed by atoms with E-state index in [-0.39, 0.29) is 43.3 Å². The molecular formula is C26H41N5O7. The average Bonchev–Trinajstić information content (AvgIpc) is 2.84. The molecule has 12 heteroatoms. The van der Waals surface area contributed by atoms with Crippen molar-refractivity contribution in [3.8, 4) is 5.75 Å². The number of hydrogen-bond acceptors (Lipinski definition) is 7. The maximum atomic E-state index is 13.3. The van der Waals surface area contributed by atoms with E-state index in [9.17, 15) is 34.2 Å². The van der Waals surface area contributed by atoms with Gasteiger partial charge < -0.3 is 37.6 Å². The molecule has 0 fully saturated rings. The number of rotatable bonds is 16. The van der Waals surface area contributed by atoms with Crippen LogP contribution in [0.3, 0.4) is 0 Å². The highest BCUT2D eigenvalue weighted by Crippen LogP contribution is 2.14. The van der Waals surface area contributed by atoms with Crippen molar-refractivity contribution in [2.75, 3.05) is 0 Å². The van der Waals surface area contributed by atoms with Crippen LogP contribution in [0.15, 0.2) is 24.3 Å². The number of benzene rings is 1. The lowest BCUT2D eigenvalue weighted by Crippen LogP contribution is -2.59. The summed E-state index contributed by atoms with van der Waals surface area (Å²) in [5, 5.41) is 26.9. The van der Waals surface area contributed by atoms with E-state index in [1.54, 1.807) is 19.1 Å². The summed E-state index contributed by atoms with van der Waals surface area (Å²) in [6, 6.07) is 1.58. The molecule has 38 heavy (non-hydrogen) atoms. The number of carbonyl (C=O) groups excluding carboxylic acids is 4. The minimum Gasteiger partial charge on any atom is -0.508 e. The van der Waals surface area contributed by atoms with E-state index in [1.165, 1.54) is 12.1 Å². The molecule has 0 aliphatic heterocycles. The van der Waals surface area contributed by atoms with E-state index in [0.717, 1.165) is 0 Å². The lowest BCUT2D eigenvalue weighted by molar-refractivity contribution is -0.142. The van der Waals surface area contributed by atoms with Crippen LogP contribution in [0.25, 0.3) is 0 Å². The molecule has 1 rings (SSSR count). The van der Waals surface area contributed by atoms with Crippen molar-refractivity contribution in [2.45, 2.75) is 84.0 Å². The minimum absolute atomic E-state index is 0.00513. The number of aromatic hydroxyl groups is 1. The van der Waals surface area contributed by atoms with Gasteiger partial charge in [0.15, 0.2) is 0 Å². The molecule has 0 radical (unpaired) electrons. The summed E-state index contributed by atoms with van der Waals surface area (Å²) < 4.78 is 0. The summed E-state index contributed by atoms with van der Waals surface area (Å²) in [5.41, 5.74) is 11.6. The molecule has 0 saturated carbocycles. The number of carboxylic acids is 1. The van der Waals surface area contributed by atoms with Gasteiger partial charge in [0.25, 0.3) is 0 Å². The highest BCUT2D eigenvalue weighted by molar-refractivity contribution is 5.94. The fourth-order valence-electron chi connectivity index (χ4n) is 3.69. The molecule has 0 spiro atoms. The Morgan fingerprint density at radius 3 is 1.97 bits per heavy atom. The van der Waals surface area contributed by atoms with E-state index < -0.39 is 53.8 Å². The number of aliphatic carboxylic acids is 1. The van der Waals surface area contributed by atoms with Crippen LogP contribution < -0.4 is 27.4 Å². The van der Waals surface area contributed by atoms with Gasteiger partial charge in [-0.3, -0.25) is 19.2 Å². The number of carboxylic acid groups (broad SMARTS) is 1. The third-order valence-corrected chi connectivity index (χ3v) is 6.16. The number of primary amides is 1. The maximum Gasteiger partial charge on any atom is 0.326 e. The van der Waals surface area contributed by atoms with Gasteiger partial charge in [-0.05, 0) is 42.4 Å². The number of nitrogens with two attached hydrogens (primary N) is 2. The molecule has 0 aliphatic rings. The second kappa shape index (κ2) is 15.6. The maximum absolute atomic E-state index is 13.3. The standard InChI is InChI=1S/C26H41N5O7/c1-5-15(4)22(31-23(34)18(27)10-11-21(28)33)25(36)29-19(13-16-6-8-17(32)9-7-16)24(35)30-20(26(37)38)12-14(2)3/h6-9,14-15,18-20,22,32H,5,10-13,27H2,1-4H3,(H2,28,33)(H,29,36)(H,30,35)(H,31,34)(H,37,38). The van der Waals surface area contributed by atoms with Crippen LogP contribution in [0.1, 0.15) is 58.9 Å².